The molecule has 4 rings (SSSR count). The quantitative estimate of drug-likeness (QED) is 0.856. The van der Waals surface area contributed by atoms with Crippen molar-refractivity contribution in [2.24, 2.45) is 0 Å². The van der Waals surface area contributed by atoms with Crippen LogP contribution in [0.5, 0.6) is 0 Å². The number of H-pyrrole nitrogens is 1. The summed E-state index contributed by atoms with van der Waals surface area (Å²) in [6, 6.07) is 10.7. The maximum Gasteiger partial charge on any atom is 0.271 e. The second-order valence-corrected chi connectivity index (χ2v) is 7.29. The lowest BCUT2D eigenvalue weighted by Gasteiger charge is -2.35. The van der Waals surface area contributed by atoms with E-state index in [0.717, 1.165) is 24.1 Å². The van der Waals surface area contributed by atoms with Crippen LogP contribution in [0.3, 0.4) is 0 Å². The summed E-state index contributed by atoms with van der Waals surface area (Å²) in [5.41, 5.74) is 2.24. The molecule has 0 radical (unpaired) electrons. The minimum atomic E-state index is 0. The lowest BCUT2D eigenvalue weighted by atomic mass is 9.98. The van der Waals surface area contributed by atoms with Crippen LogP contribution in [0, 0.1) is 0 Å². The van der Waals surface area contributed by atoms with Crippen molar-refractivity contribution >= 4 is 29.9 Å². The second kappa shape index (κ2) is 7.36. The summed E-state index contributed by atoms with van der Waals surface area (Å²) >= 11 is 5.92. The van der Waals surface area contributed by atoms with Crippen molar-refractivity contribution in [3.8, 4) is 11.3 Å². The number of hydrogen-bond acceptors (Lipinski definition) is 3. The molecule has 2 aliphatic heterocycles. The van der Waals surface area contributed by atoms with E-state index in [2.05, 4.69) is 15.5 Å². The van der Waals surface area contributed by atoms with Crippen molar-refractivity contribution in [2.45, 2.75) is 43.8 Å². The lowest BCUT2D eigenvalue weighted by Crippen LogP contribution is -2.48. The predicted octanol–water partition coefficient (Wildman–Crippen LogP) is 3.51. The van der Waals surface area contributed by atoms with Gasteiger partial charge in [0.05, 0.1) is 5.69 Å². The number of rotatable bonds is 3. The van der Waals surface area contributed by atoms with Gasteiger partial charge in [0.15, 0.2) is 0 Å². The van der Waals surface area contributed by atoms with E-state index < -0.39 is 0 Å². The first-order valence-corrected chi connectivity index (χ1v) is 8.82. The van der Waals surface area contributed by atoms with Gasteiger partial charge in [0, 0.05) is 35.8 Å². The fraction of sp³-hybridized carbons (Fsp3) is 0.444. The third-order valence-electron chi connectivity index (χ3n) is 5.26. The minimum Gasteiger partial charge on any atom is -0.337 e. The number of carbonyl (C=O) groups is 1. The van der Waals surface area contributed by atoms with Gasteiger partial charge in [0.2, 0.25) is 0 Å². The molecule has 2 unspecified atom stereocenters. The summed E-state index contributed by atoms with van der Waals surface area (Å²) in [6.07, 6.45) is 4.54. The maximum absolute atomic E-state index is 12.8. The summed E-state index contributed by atoms with van der Waals surface area (Å²) in [6.45, 7) is 0. The molecule has 134 valence electrons. The Morgan fingerprint density at radius 2 is 1.84 bits per heavy atom. The molecule has 1 aromatic carbocycles. The molecule has 2 fully saturated rings. The van der Waals surface area contributed by atoms with Crippen molar-refractivity contribution in [3.05, 3.63) is 41.0 Å². The van der Waals surface area contributed by atoms with Crippen LogP contribution in [0.1, 0.15) is 36.2 Å². The molecule has 2 aromatic rings. The first-order chi connectivity index (χ1) is 11.6. The fourth-order valence-electron chi connectivity index (χ4n) is 3.90. The van der Waals surface area contributed by atoms with Gasteiger partial charge in [-0.3, -0.25) is 9.89 Å². The molecule has 25 heavy (non-hydrogen) atoms. The largest absolute Gasteiger partial charge is 0.337 e. The van der Waals surface area contributed by atoms with Crippen LogP contribution in [0.4, 0.5) is 0 Å². The number of nitrogens with zero attached hydrogens (tertiary/aromatic N) is 2. The highest BCUT2D eigenvalue weighted by Gasteiger charge is 2.36. The second-order valence-electron chi connectivity index (χ2n) is 6.85. The number of aromatic nitrogens is 2. The molecule has 2 saturated heterocycles. The number of hydrogen-bond donors (Lipinski definition) is 2. The third kappa shape index (κ3) is 3.68. The monoisotopic (exact) mass is 380 g/mol. The van der Waals surface area contributed by atoms with Crippen molar-refractivity contribution in [3.63, 3.8) is 0 Å². The molecule has 2 atom stereocenters. The molecule has 2 N–H and O–H groups in total. The molecule has 2 aliphatic rings. The molecule has 1 aromatic heterocycles. The van der Waals surface area contributed by atoms with Gasteiger partial charge in [0.1, 0.15) is 5.69 Å². The van der Waals surface area contributed by atoms with E-state index in [1.165, 1.54) is 12.8 Å². The Morgan fingerprint density at radius 3 is 2.48 bits per heavy atom. The molecule has 3 heterocycles. The summed E-state index contributed by atoms with van der Waals surface area (Å²) in [5.74, 6) is 0.00835. The van der Waals surface area contributed by atoms with Gasteiger partial charge in [-0.1, -0.05) is 23.7 Å². The number of halogens is 2. The van der Waals surface area contributed by atoms with E-state index in [1.54, 1.807) is 0 Å². The van der Waals surface area contributed by atoms with E-state index in [1.807, 2.05) is 42.3 Å². The van der Waals surface area contributed by atoms with E-state index >= 15 is 0 Å². The first kappa shape index (κ1) is 18.2. The Morgan fingerprint density at radius 1 is 1.20 bits per heavy atom. The van der Waals surface area contributed by atoms with Crippen molar-refractivity contribution in [2.75, 3.05) is 7.05 Å². The highest BCUT2D eigenvalue weighted by Crippen LogP contribution is 2.30. The van der Waals surface area contributed by atoms with Crippen LogP contribution in [-0.4, -0.2) is 46.2 Å². The highest BCUT2D eigenvalue weighted by atomic mass is 35.5. The Balaban J connectivity index is 0.00000182. The SMILES string of the molecule is CN(C(=O)c1cc(-c2ccc(Cl)cc2)n[nH]1)C1CC2CCC(C1)N2.Cl. The molecule has 2 bridgehead atoms. The Hall–Kier alpha value is -1.56. The van der Waals surface area contributed by atoms with Crippen molar-refractivity contribution < 1.29 is 4.79 Å². The maximum atomic E-state index is 12.8. The molecule has 0 aliphatic carbocycles. The molecular weight excluding hydrogens is 359 g/mol. The van der Waals surface area contributed by atoms with E-state index in [0.29, 0.717) is 28.8 Å². The van der Waals surface area contributed by atoms with Gasteiger partial charge in [-0.15, -0.1) is 12.4 Å². The smallest absolute Gasteiger partial charge is 0.271 e. The lowest BCUT2D eigenvalue weighted by molar-refractivity contribution is 0.0675. The number of benzene rings is 1. The topological polar surface area (TPSA) is 61.0 Å². The summed E-state index contributed by atoms with van der Waals surface area (Å²) in [7, 11) is 1.90. The zero-order valence-electron chi connectivity index (χ0n) is 14.0. The van der Waals surface area contributed by atoms with Gasteiger partial charge in [0.25, 0.3) is 5.91 Å². The first-order valence-electron chi connectivity index (χ1n) is 8.44. The van der Waals surface area contributed by atoms with E-state index in [4.69, 9.17) is 11.6 Å². The Kier molecular flexibility index (Phi) is 5.37. The van der Waals surface area contributed by atoms with Crippen LogP contribution < -0.4 is 5.32 Å². The van der Waals surface area contributed by atoms with Crippen LogP contribution in [0.15, 0.2) is 30.3 Å². The summed E-state index contributed by atoms with van der Waals surface area (Å²) in [4.78, 5) is 14.7. The number of nitrogens with one attached hydrogen (secondary N) is 2. The van der Waals surface area contributed by atoms with Crippen molar-refractivity contribution in [1.82, 2.24) is 20.4 Å². The van der Waals surface area contributed by atoms with Gasteiger partial charge in [-0.25, -0.2) is 0 Å². The van der Waals surface area contributed by atoms with Crippen LogP contribution in [0.25, 0.3) is 11.3 Å². The third-order valence-corrected chi connectivity index (χ3v) is 5.52. The fourth-order valence-corrected chi connectivity index (χ4v) is 4.03. The number of carbonyl (C=O) groups excluding carboxylic acids is 1. The van der Waals surface area contributed by atoms with E-state index in [-0.39, 0.29) is 18.3 Å². The standard InChI is InChI=1S/C18H21ClN4O.ClH/c1-23(15-8-13-6-7-14(9-15)20-13)18(24)17-10-16(21-22-17)11-2-4-12(19)5-3-11;/h2-5,10,13-15,20H,6-9H2,1H3,(H,21,22);1H. The Bertz CT molecular complexity index is 734. The Labute approximate surface area is 158 Å². The number of piperidine rings is 1. The van der Waals surface area contributed by atoms with Crippen molar-refractivity contribution in [1.29, 1.82) is 0 Å². The zero-order chi connectivity index (χ0) is 16.7. The molecule has 0 spiro atoms. The molecule has 1 amide bonds. The van der Waals surface area contributed by atoms with Gasteiger partial charge in [-0.05, 0) is 43.9 Å². The molecule has 5 nitrogen and oxygen atoms in total. The van der Waals surface area contributed by atoms with Crippen LogP contribution in [-0.2, 0) is 0 Å². The number of amides is 1. The average molecular weight is 381 g/mol. The minimum absolute atomic E-state index is 0. The number of fused-ring (bicyclic) bond motifs is 2. The van der Waals surface area contributed by atoms with E-state index in [9.17, 15) is 4.79 Å². The summed E-state index contributed by atoms with van der Waals surface area (Å²) < 4.78 is 0. The number of aromatic amines is 1. The average Bonchev–Trinajstić information content (AvgIpc) is 3.21. The summed E-state index contributed by atoms with van der Waals surface area (Å²) in [5, 5.41) is 11.5. The van der Waals surface area contributed by atoms with Gasteiger partial charge < -0.3 is 10.2 Å². The highest BCUT2D eigenvalue weighted by molar-refractivity contribution is 6.30. The zero-order valence-corrected chi connectivity index (χ0v) is 15.6. The normalized spacial score (nSPS) is 24.6. The van der Waals surface area contributed by atoms with Crippen LogP contribution >= 0.6 is 24.0 Å². The predicted molar refractivity (Wildman–Crippen MR) is 101 cm³/mol. The van der Waals surface area contributed by atoms with Gasteiger partial charge in [-0.2, -0.15) is 5.10 Å². The van der Waals surface area contributed by atoms with Gasteiger partial charge >= 0.3 is 0 Å². The molecule has 0 saturated carbocycles. The molecular formula is C18H22Cl2N4O. The van der Waals surface area contributed by atoms with Crippen LogP contribution in [0.2, 0.25) is 5.02 Å². The molecule has 7 heteroatoms.